The number of rotatable bonds is 4. The Balaban J connectivity index is 1.79. The van der Waals surface area contributed by atoms with Crippen molar-refractivity contribution in [3.63, 3.8) is 0 Å². The Labute approximate surface area is 122 Å². The van der Waals surface area contributed by atoms with Crippen molar-refractivity contribution in [1.82, 2.24) is 16.2 Å². The van der Waals surface area contributed by atoms with Gasteiger partial charge in [-0.3, -0.25) is 20.4 Å². The number of alkyl carbamates (subject to hydrolysis) is 1. The molecule has 0 radical (unpaired) electrons. The van der Waals surface area contributed by atoms with Crippen molar-refractivity contribution in [1.29, 1.82) is 0 Å². The van der Waals surface area contributed by atoms with Gasteiger partial charge in [0.1, 0.15) is 12.1 Å². The first-order chi connectivity index (χ1) is 10.0. The molecular weight excluding hydrogens is 274 g/mol. The van der Waals surface area contributed by atoms with Gasteiger partial charge in [0, 0.05) is 6.92 Å². The molecule has 7 nitrogen and oxygen atoms in total. The lowest BCUT2D eigenvalue weighted by atomic mass is 10.2. The zero-order chi connectivity index (χ0) is 15.3. The summed E-state index contributed by atoms with van der Waals surface area (Å²) in [5.41, 5.74) is 4.33. The second-order valence-electron chi connectivity index (χ2n) is 4.90. The lowest BCUT2D eigenvalue weighted by molar-refractivity contribution is -0.129. The van der Waals surface area contributed by atoms with E-state index in [-0.39, 0.29) is 12.5 Å². The van der Waals surface area contributed by atoms with Gasteiger partial charge in [-0.25, -0.2) is 4.79 Å². The molecule has 3 N–H and O–H groups in total. The predicted molar refractivity (Wildman–Crippen MR) is 73.7 cm³/mol. The Kier molecular flexibility index (Phi) is 4.42. The molecule has 112 valence electrons. The number of hydrogen-bond donors (Lipinski definition) is 3. The van der Waals surface area contributed by atoms with Gasteiger partial charge in [-0.15, -0.1) is 0 Å². The molecule has 7 heteroatoms. The molecule has 0 aromatic heterocycles. The molecule has 2 rings (SSSR count). The van der Waals surface area contributed by atoms with E-state index in [1.807, 2.05) is 30.3 Å². The SMILES string of the molecule is CC(=O)NNC(=O)C1(NC(=O)OCc2ccccc2)CC1. The van der Waals surface area contributed by atoms with E-state index in [2.05, 4.69) is 16.2 Å². The summed E-state index contributed by atoms with van der Waals surface area (Å²) in [6.07, 6.45) is 0.367. The third-order valence-corrected chi connectivity index (χ3v) is 3.09. The molecule has 1 aliphatic rings. The molecule has 3 amide bonds. The standard InChI is InChI=1S/C14H17N3O4/c1-10(18)16-17-12(19)14(7-8-14)15-13(20)21-9-11-5-3-2-4-6-11/h2-6H,7-9H2,1H3,(H,15,20)(H,16,18)(H,17,19). The van der Waals surface area contributed by atoms with Crippen LogP contribution in [0.5, 0.6) is 0 Å². The van der Waals surface area contributed by atoms with Crippen LogP contribution in [0.25, 0.3) is 0 Å². The van der Waals surface area contributed by atoms with E-state index in [1.54, 1.807) is 0 Å². The molecule has 1 aromatic carbocycles. The number of amides is 3. The molecule has 0 heterocycles. The van der Waals surface area contributed by atoms with E-state index in [4.69, 9.17) is 4.74 Å². The number of ether oxygens (including phenoxy) is 1. The van der Waals surface area contributed by atoms with Crippen LogP contribution in [0.2, 0.25) is 0 Å². The van der Waals surface area contributed by atoms with Gasteiger partial charge in [0.15, 0.2) is 0 Å². The van der Waals surface area contributed by atoms with Gasteiger partial charge in [-0.2, -0.15) is 0 Å². The maximum absolute atomic E-state index is 11.8. The van der Waals surface area contributed by atoms with E-state index in [1.165, 1.54) is 6.92 Å². The molecule has 1 fully saturated rings. The van der Waals surface area contributed by atoms with E-state index in [0.29, 0.717) is 12.8 Å². The van der Waals surface area contributed by atoms with Crippen molar-refractivity contribution in [3.8, 4) is 0 Å². The summed E-state index contributed by atoms with van der Waals surface area (Å²) in [7, 11) is 0. The predicted octanol–water partition coefficient (Wildman–Crippen LogP) is 0.613. The third kappa shape index (κ3) is 4.20. The number of carbonyl (C=O) groups is 3. The zero-order valence-corrected chi connectivity index (χ0v) is 11.6. The number of nitrogens with one attached hydrogen (secondary N) is 3. The van der Waals surface area contributed by atoms with Gasteiger partial charge in [-0.05, 0) is 18.4 Å². The highest BCUT2D eigenvalue weighted by Gasteiger charge is 2.51. The zero-order valence-electron chi connectivity index (χ0n) is 11.6. The van der Waals surface area contributed by atoms with Gasteiger partial charge in [0.2, 0.25) is 5.91 Å². The molecule has 1 saturated carbocycles. The molecule has 21 heavy (non-hydrogen) atoms. The lowest BCUT2D eigenvalue weighted by Gasteiger charge is -2.17. The van der Waals surface area contributed by atoms with E-state index >= 15 is 0 Å². The Morgan fingerprint density at radius 2 is 1.81 bits per heavy atom. The Morgan fingerprint density at radius 1 is 1.14 bits per heavy atom. The molecule has 1 aromatic rings. The fourth-order valence-electron chi connectivity index (χ4n) is 1.75. The number of carbonyl (C=O) groups excluding carboxylic acids is 3. The topological polar surface area (TPSA) is 96.5 Å². The second kappa shape index (κ2) is 6.25. The maximum atomic E-state index is 11.8. The van der Waals surface area contributed by atoms with Crippen molar-refractivity contribution >= 4 is 17.9 Å². The molecule has 0 aliphatic heterocycles. The highest BCUT2D eigenvalue weighted by atomic mass is 16.5. The average Bonchev–Trinajstić information content (AvgIpc) is 3.24. The molecule has 0 bridgehead atoms. The smallest absolute Gasteiger partial charge is 0.408 e. The summed E-state index contributed by atoms with van der Waals surface area (Å²) < 4.78 is 5.06. The van der Waals surface area contributed by atoms with Gasteiger partial charge in [0.05, 0.1) is 0 Å². The van der Waals surface area contributed by atoms with E-state index in [0.717, 1.165) is 5.56 Å². The average molecular weight is 291 g/mol. The van der Waals surface area contributed by atoms with Crippen molar-refractivity contribution in [2.24, 2.45) is 0 Å². The maximum Gasteiger partial charge on any atom is 0.408 e. The first-order valence-corrected chi connectivity index (χ1v) is 6.58. The highest BCUT2D eigenvalue weighted by molar-refractivity contribution is 5.93. The minimum atomic E-state index is -0.976. The number of benzene rings is 1. The molecule has 0 atom stereocenters. The summed E-state index contributed by atoms with van der Waals surface area (Å²) in [5.74, 6) is -0.833. The molecular formula is C14H17N3O4. The van der Waals surface area contributed by atoms with Gasteiger partial charge in [0.25, 0.3) is 5.91 Å². The largest absolute Gasteiger partial charge is 0.445 e. The van der Waals surface area contributed by atoms with E-state index in [9.17, 15) is 14.4 Å². The molecule has 0 spiro atoms. The van der Waals surface area contributed by atoms with Crippen molar-refractivity contribution in [2.45, 2.75) is 31.9 Å². The van der Waals surface area contributed by atoms with Gasteiger partial charge in [-0.1, -0.05) is 30.3 Å². The van der Waals surface area contributed by atoms with Crippen LogP contribution in [0, 0.1) is 0 Å². The highest BCUT2D eigenvalue weighted by Crippen LogP contribution is 2.35. The van der Waals surface area contributed by atoms with Crippen molar-refractivity contribution in [2.75, 3.05) is 0 Å². The van der Waals surface area contributed by atoms with Crippen LogP contribution >= 0.6 is 0 Å². The summed E-state index contributed by atoms with van der Waals surface area (Å²) in [4.78, 5) is 34.3. The number of hydrogen-bond acceptors (Lipinski definition) is 4. The van der Waals surface area contributed by atoms with Crippen LogP contribution < -0.4 is 16.2 Å². The quantitative estimate of drug-likeness (QED) is 0.708. The summed E-state index contributed by atoms with van der Waals surface area (Å²) in [5, 5.41) is 2.54. The third-order valence-electron chi connectivity index (χ3n) is 3.09. The van der Waals surface area contributed by atoms with Crippen molar-refractivity contribution < 1.29 is 19.1 Å². The fourth-order valence-corrected chi connectivity index (χ4v) is 1.75. The Morgan fingerprint density at radius 3 is 2.38 bits per heavy atom. The van der Waals surface area contributed by atoms with Gasteiger partial charge < -0.3 is 10.1 Å². The number of hydrazine groups is 1. The first-order valence-electron chi connectivity index (χ1n) is 6.58. The Bertz CT molecular complexity index is 540. The minimum Gasteiger partial charge on any atom is -0.445 e. The summed E-state index contributed by atoms with van der Waals surface area (Å²) >= 11 is 0. The normalized spacial score (nSPS) is 14.7. The summed E-state index contributed by atoms with van der Waals surface area (Å²) in [6.45, 7) is 1.41. The van der Waals surface area contributed by atoms with Crippen LogP contribution in [-0.2, 0) is 20.9 Å². The van der Waals surface area contributed by atoms with Gasteiger partial charge >= 0.3 is 6.09 Å². The van der Waals surface area contributed by atoms with Crippen LogP contribution in [0.15, 0.2) is 30.3 Å². The van der Waals surface area contributed by atoms with Crippen LogP contribution in [0.1, 0.15) is 25.3 Å². The molecule has 0 unspecified atom stereocenters. The lowest BCUT2D eigenvalue weighted by Crippen LogP contribution is -2.53. The van der Waals surface area contributed by atoms with Crippen LogP contribution in [-0.4, -0.2) is 23.4 Å². The van der Waals surface area contributed by atoms with Crippen LogP contribution in [0.4, 0.5) is 4.79 Å². The first kappa shape index (κ1) is 14.8. The monoisotopic (exact) mass is 291 g/mol. The van der Waals surface area contributed by atoms with Crippen molar-refractivity contribution in [3.05, 3.63) is 35.9 Å². The molecule has 0 saturated heterocycles. The Hall–Kier alpha value is -2.57. The summed E-state index contributed by atoms with van der Waals surface area (Å²) in [6, 6.07) is 9.24. The van der Waals surface area contributed by atoms with E-state index < -0.39 is 17.5 Å². The minimum absolute atomic E-state index is 0.135. The van der Waals surface area contributed by atoms with Crippen LogP contribution in [0.3, 0.4) is 0 Å². The second-order valence-corrected chi connectivity index (χ2v) is 4.90. The molecule has 1 aliphatic carbocycles. The fraction of sp³-hybridized carbons (Fsp3) is 0.357.